The van der Waals surface area contributed by atoms with Crippen LogP contribution in [0, 0.1) is 5.82 Å². The fourth-order valence-electron chi connectivity index (χ4n) is 2.14. The fourth-order valence-corrected chi connectivity index (χ4v) is 2.36. The van der Waals surface area contributed by atoms with Gasteiger partial charge in [-0.1, -0.05) is 11.6 Å². The first-order chi connectivity index (χ1) is 10.5. The van der Waals surface area contributed by atoms with Crippen LogP contribution in [0.3, 0.4) is 0 Å². The molecule has 0 fully saturated rings. The van der Waals surface area contributed by atoms with Gasteiger partial charge in [-0.3, -0.25) is 4.98 Å². The summed E-state index contributed by atoms with van der Waals surface area (Å²) in [6.45, 7) is 0.155. The van der Waals surface area contributed by atoms with Gasteiger partial charge in [-0.25, -0.2) is 4.39 Å². The number of aromatic nitrogens is 2. The second kappa shape index (κ2) is 5.92. The van der Waals surface area contributed by atoms with Crippen LogP contribution in [-0.4, -0.2) is 20.2 Å². The summed E-state index contributed by atoms with van der Waals surface area (Å²) in [6.07, 6.45) is -0.101. The molecule has 0 aliphatic carbocycles. The quantitative estimate of drug-likeness (QED) is 0.645. The average Bonchev–Trinajstić information content (AvgIpc) is 2.88. The number of nitrogens with zero attached hydrogens (tertiary/aromatic N) is 1. The van der Waals surface area contributed by atoms with Crippen LogP contribution >= 0.6 is 11.6 Å². The van der Waals surface area contributed by atoms with Crippen molar-refractivity contribution >= 4 is 22.6 Å². The van der Waals surface area contributed by atoms with Crippen molar-refractivity contribution in [1.82, 2.24) is 9.97 Å². The molecule has 0 atom stereocenters. The summed E-state index contributed by atoms with van der Waals surface area (Å²) in [7, 11) is 0. The van der Waals surface area contributed by atoms with Gasteiger partial charge in [0, 0.05) is 11.8 Å². The molecule has 7 heteroatoms. The van der Waals surface area contributed by atoms with Gasteiger partial charge in [-0.05, 0) is 30.3 Å². The molecule has 0 spiro atoms. The van der Waals surface area contributed by atoms with Gasteiger partial charge in [-0.15, -0.1) is 0 Å². The second-order valence-electron chi connectivity index (χ2n) is 4.69. The average molecular weight is 323 g/mol. The first kappa shape index (κ1) is 14.8. The number of fused-ring (bicyclic) bond motifs is 1. The van der Waals surface area contributed by atoms with Gasteiger partial charge in [0.1, 0.15) is 18.2 Å². The van der Waals surface area contributed by atoms with Crippen molar-refractivity contribution in [3.63, 3.8) is 0 Å². The predicted molar refractivity (Wildman–Crippen MR) is 79.0 cm³/mol. The van der Waals surface area contributed by atoms with Gasteiger partial charge >= 0.3 is 0 Å². The summed E-state index contributed by atoms with van der Waals surface area (Å²) in [5.41, 5.74) is 2.13. The number of rotatable bonds is 4. The number of benzene rings is 1. The number of halogens is 2. The van der Waals surface area contributed by atoms with Crippen LogP contribution in [-0.2, 0) is 6.61 Å². The lowest BCUT2D eigenvalue weighted by Gasteiger charge is -2.07. The van der Waals surface area contributed by atoms with Gasteiger partial charge in [-0.2, -0.15) is 0 Å². The molecule has 0 saturated heterocycles. The van der Waals surface area contributed by atoms with Gasteiger partial charge in [0.05, 0.1) is 21.7 Å². The molecule has 0 radical (unpaired) electrons. The third-order valence-corrected chi connectivity index (χ3v) is 3.46. The number of aromatic amines is 1. The van der Waals surface area contributed by atoms with Crippen molar-refractivity contribution in [3.8, 4) is 5.75 Å². The molecule has 0 aliphatic heterocycles. The summed E-state index contributed by atoms with van der Waals surface area (Å²) in [6, 6.07) is 7.13. The zero-order valence-corrected chi connectivity index (χ0v) is 12.0. The van der Waals surface area contributed by atoms with E-state index in [0.717, 1.165) is 0 Å². The van der Waals surface area contributed by atoms with E-state index in [1.54, 1.807) is 6.07 Å². The van der Waals surface area contributed by atoms with Crippen LogP contribution in [0.4, 0.5) is 4.39 Å². The van der Waals surface area contributed by atoms with Crippen LogP contribution in [0.2, 0.25) is 5.02 Å². The standard InChI is InChI=1S/C15H12ClFN2O3/c16-11-5-8(17)1-2-13(11)22-7-9-6-12-14(19-9)10(15(20)21)3-4-18-12/h1-6,15,19-21H,7H2. The lowest BCUT2D eigenvalue weighted by Crippen LogP contribution is -1.98. The summed E-state index contributed by atoms with van der Waals surface area (Å²) < 4.78 is 18.5. The Hall–Kier alpha value is -2.15. The Balaban J connectivity index is 1.84. The predicted octanol–water partition coefficient (Wildman–Crippen LogP) is 2.92. The van der Waals surface area contributed by atoms with Crippen LogP contribution in [0.5, 0.6) is 5.75 Å². The number of aliphatic hydroxyl groups is 2. The van der Waals surface area contributed by atoms with Crippen molar-refractivity contribution in [1.29, 1.82) is 0 Å². The number of aliphatic hydroxyl groups excluding tert-OH is 1. The van der Waals surface area contributed by atoms with Crippen molar-refractivity contribution < 1.29 is 19.3 Å². The zero-order chi connectivity index (χ0) is 15.7. The highest BCUT2D eigenvalue weighted by Crippen LogP contribution is 2.27. The number of H-pyrrole nitrogens is 1. The lowest BCUT2D eigenvalue weighted by atomic mass is 10.2. The molecule has 2 heterocycles. The minimum Gasteiger partial charge on any atom is -0.486 e. The van der Waals surface area contributed by atoms with Crippen molar-refractivity contribution in [2.75, 3.05) is 0 Å². The molecule has 2 aromatic heterocycles. The molecule has 5 nitrogen and oxygen atoms in total. The molecule has 0 saturated carbocycles. The normalized spacial score (nSPS) is 11.3. The van der Waals surface area contributed by atoms with E-state index in [4.69, 9.17) is 16.3 Å². The summed E-state index contributed by atoms with van der Waals surface area (Å²) in [4.78, 5) is 7.17. The molecular weight excluding hydrogens is 311 g/mol. The molecule has 0 aliphatic rings. The van der Waals surface area contributed by atoms with E-state index in [1.165, 1.54) is 30.5 Å². The first-order valence-electron chi connectivity index (χ1n) is 6.45. The van der Waals surface area contributed by atoms with E-state index >= 15 is 0 Å². The van der Waals surface area contributed by atoms with E-state index in [0.29, 0.717) is 28.0 Å². The third kappa shape index (κ3) is 2.89. The number of nitrogens with one attached hydrogen (secondary N) is 1. The molecule has 3 rings (SSSR count). The van der Waals surface area contributed by atoms with Crippen LogP contribution in [0.1, 0.15) is 17.5 Å². The SMILES string of the molecule is OC(O)c1ccnc2cc(COc3ccc(F)cc3Cl)[nH]c12. The summed E-state index contributed by atoms with van der Waals surface area (Å²) in [5.74, 6) is -0.0779. The molecule has 3 aromatic rings. The Morgan fingerprint density at radius 3 is 2.82 bits per heavy atom. The molecule has 0 amide bonds. The maximum absolute atomic E-state index is 13.0. The molecule has 22 heavy (non-hydrogen) atoms. The Kier molecular flexibility index (Phi) is 3.98. The Bertz CT molecular complexity index is 820. The maximum atomic E-state index is 13.0. The molecular formula is C15H12ClFN2O3. The van der Waals surface area contributed by atoms with E-state index < -0.39 is 12.1 Å². The maximum Gasteiger partial charge on any atom is 0.180 e. The van der Waals surface area contributed by atoms with Gasteiger partial charge in [0.2, 0.25) is 0 Å². The molecule has 0 bridgehead atoms. The van der Waals surface area contributed by atoms with E-state index in [9.17, 15) is 14.6 Å². The largest absolute Gasteiger partial charge is 0.486 e. The van der Waals surface area contributed by atoms with Crippen LogP contribution in [0.25, 0.3) is 11.0 Å². The van der Waals surface area contributed by atoms with Crippen molar-refractivity contribution in [3.05, 3.63) is 58.6 Å². The minimum absolute atomic E-state index is 0.155. The number of hydrogen-bond donors (Lipinski definition) is 3. The van der Waals surface area contributed by atoms with E-state index in [2.05, 4.69) is 9.97 Å². The van der Waals surface area contributed by atoms with Crippen molar-refractivity contribution in [2.24, 2.45) is 0 Å². The summed E-state index contributed by atoms with van der Waals surface area (Å²) in [5, 5.41) is 18.8. The van der Waals surface area contributed by atoms with E-state index in [-0.39, 0.29) is 11.6 Å². The third-order valence-electron chi connectivity index (χ3n) is 3.16. The van der Waals surface area contributed by atoms with E-state index in [1.807, 2.05) is 0 Å². The monoisotopic (exact) mass is 322 g/mol. The Morgan fingerprint density at radius 2 is 2.09 bits per heavy atom. The zero-order valence-electron chi connectivity index (χ0n) is 11.3. The van der Waals surface area contributed by atoms with Crippen LogP contribution < -0.4 is 4.74 Å². The first-order valence-corrected chi connectivity index (χ1v) is 6.83. The van der Waals surface area contributed by atoms with Gasteiger partial charge in [0.25, 0.3) is 0 Å². The highest BCUT2D eigenvalue weighted by molar-refractivity contribution is 6.32. The second-order valence-corrected chi connectivity index (χ2v) is 5.10. The topological polar surface area (TPSA) is 78.4 Å². The molecule has 1 aromatic carbocycles. The number of pyridine rings is 1. The number of ether oxygens (including phenoxy) is 1. The molecule has 114 valence electrons. The molecule has 3 N–H and O–H groups in total. The highest BCUT2D eigenvalue weighted by atomic mass is 35.5. The van der Waals surface area contributed by atoms with Gasteiger partial charge in [0.15, 0.2) is 6.29 Å². The highest BCUT2D eigenvalue weighted by Gasteiger charge is 2.12. The molecule has 0 unspecified atom stereocenters. The summed E-state index contributed by atoms with van der Waals surface area (Å²) >= 11 is 5.89. The van der Waals surface area contributed by atoms with Crippen molar-refractivity contribution in [2.45, 2.75) is 12.9 Å². The number of hydrogen-bond acceptors (Lipinski definition) is 4. The smallest absolute Gasteiger partial charge is 0.180 e. The fraction of sp³-hybridized carbons (Fsp3) is 0.133. The Labute approximate surface area is 129 Å². The van der Waals surface area contributed by atoms with Gasteiger partial charge < -0.3 is 19.9 Å². The van der Waals surface area contributed by atoms with Crippen LogP contribution in [0.15, 0.2) is 36.5 Å². The Morgan fingerprint density at radius 1 is 1.27 bits per heavy atom. The minimum atomic E-state index is -1.59. The lowest BCUT2D eigenvalue weighted by molar-refractivity contribution is -0.0414.